The Morgan fingerprint density at radius 2 is 1.91 bits per heavy atom. The van der Waals surface area contributed by atoms with Gasteiger partial charge in [0.2, 0.25) is 0 Å². The molecule has 1 fully saturated rings. The summed E-state index contributed by atoms with van der Waals surface area (Å²) >= 11 is 0. The van der Waals surface area contributed by atoms with Crippen LogP contribution in [0.25, 0.3) is 0 Å². The second-order valence-electron chi connectivity index (χ2n) is 6.66. The second kappa shape index (κ2) is 6.70. The van der Waals surface area contributed by atoms with Crippen LogP contribution in [0.1, 0.15) is 23.6 Å². The lowest BCUT2D eigenvalue weighted by Crippen LogP contribution is -2.39. The first-order chi connectivity index (χ1) is 10.6. The topological polar surface area (TPSA) is 12.5 Å². The van der Waals surface area contributed by atoms with Crippen molar-refractivity contribution in [1.29, 1.82) is 0 Å². The maximum absolute atomic E-state index is 5.51. The number of hydrogen-bond donors (Lipinski definition) is 0. The van der Waals surface area contributed by atoms with Crippen molar-refractivity contribution in [2.24, 2.45) is 11.8 Å². The van der Waals surface area contributed by atoms with Crippen LogP contribution in [0.2, 0.25) is 0 Å². The minimum Gasteiger partial charge on any atom is -0.378 e. The molecular weight excluding hydrogens is 270 g/mol. The summed E-state index contributed by atoms with van der Waals surface area (Å²) in [6.45, 7) is 10.5. The number of ether oxygens (including phenoxy) is 1. The van der Waals surface area contributed by atoms with Crippen LogP contribution in [-0.4, -0.2) is 31.2 Å². The average Bonchev–Trinajstić information content (AvgIpc) is 2.54. The molecule has 3 rings (SSSR count). The van der Waals surface area contributed by atoms with Crippen LogP contribution in [0.15, 0.2) is 42.1 Å². The summed E-state index contributed by atoms with van der Waals surface area (Å²) in [4.78, 5) is 2.52. The zero-order valence-electron chi connectivity index (χ0n) is 14.0. The summed E-state index contributed by atoms with van der Waals surface area (Å²) in [6.07, 6.45) is 8.01. The highest BCUT2D eigenvalue weighted by molar-refractivity contribution is 5.32. The first kappa shape index (κ1) is 15.4. The molecule has 0 saturated carbocycles. The summed E-state index contributed by atoms with van der Waals surface area (Å²) in [6, 6.07) is 6.91. The fourth-order valence-electron chi connectivity index (χ4n) is 3.49. The van der Waals surface area contributed by atoms with Gasteiger partial charge in [-0.1, -0.05) is 37.3 Å². The minimum absolute atomic E-state index is 0.574. The molecule has 0 N–H and O–H groups in total. The van der Waals surface area contributed by atoms with Gasteiger partial charge < -0.3 is 9.64 Å². The van der Waals surface area contributed by atoms with Crippen molar-refractivity contribution in [2.75, 3.05) is 26.3 Å². The quantitative estimate of drug-likeness (QED) is 0.839. The molecule has 2 nitrogen and oxygen atoms in total. The first-order valence-electron chi connectivity index (χ1n) is 8.42. The Labute approximate surface area is 134 Å². The smallest absolute Gasteiger partial charge is 0.0642 e. The third-order valence-electron chi connectivity index (χ3n) is 5.10. The van der Waals surface area contributed by atoms with Crippen molar-refractivity contribution >= 4 is 0 Å². The van der Waals surface area contributed by atoms with Crippen molar-refractivity contribution < 1.29 is 4.74 Å². The Kier molecular flexibility index (Phi) is 4.68. The second-order valence-corrected chi connectivity index (χ2v) is 6.66. The Morgan fingerprint density at radius 1 is 1.14 bits per heavy atom. The lowest BCUT2D eigenvalue weighted by atomic mass is 9.81. The predicted octanol–water partition coefficient (Wildman–Crippen LogP) is 3.88. The van der Waals surface area contributed by atoms with Crippen molar-refractivity contribution in [2.45, 2.75) is 27.2 Å². The maximum atomic E-state index is 5.51. The summed E-state index contributed by atoms with van der Waals surface area (Å²) in [5, 5.41) is 0. The van der Waals surface area contributed by atoms with E-state index in [2.05, 4.69) is 62.1 Å². The zero-order valence-corrected chi connectivity index (χ0v) is 14.0. The summed E-state index contributed by atoms with van der Waals surface area (Å²) in [5.74, 6) is 1.16. The van der Waals surface area contributed by atoms with E-state index in [0.29, 0.717) is 11.8 Å². The first-order valence-corrected chi connectivity index (χ1v) is 8.42. The number of nitrogens with zero attached hydrogens (tertiary/aromatic N) is 1. The lowest BCUT2D eigenvalue weighted by molar-refractivity contribution is 0.0467. The number of benzene rings is 1. The van der Waals surface area contributed by atoms with Crippen LogP contribution in [-0.2, 0) is 11.2 Å². The van der Waals surface area contributed by atoms with Gasteiger partial charge in [-0.15, -0.1) is 0 Å². The molecule has 2 atom stereocenters. The molecule has 1 heterocycles. The summed E-state index contributed by atoms with van der Waals surface area (Å²) < 4.78 is 5.51. The molecule has 2 unspecified atom stereocenters. The van der Waals surface area contributed by atoms with E-state index in [0.717, 1.165) is 32.7 Å². The van der Waals surface area contributed by atoms with Crippen LogP contribution in [0.5, 0.6) is 0 Å². The van der Waals surface area contributed by atoms with Gasteiger partial charge in [0.15, 0.2) is 0 Å². The molecule has 1 aromatic rings. The van der Waals surface area contributed by atoms with Gasteiger partial charge in [0.25, 0.3) is 0 Å². The van der Waals surface area contributed by atoms with Crippen molar-refractivity contribution in [3.8, 4) is 0 Å². The number of hydrogen-bond acceptors (Lipinski definition) is 2. The molecule has 2 heteroatoms. The van der Waals surface area contributed by atoms with E-state index in [1.54, 1.807) is 0 Å². The van der Waals surface area contributed by atoms with Gasteiger partial charge in [0, 0.05) is 24.7 Å². The zero-order chi connectivity index (χ0) is 15.5. The maximum Gasteiger partial charge on any atom is 0.0642 e. The van der Waals surface area contributed by atoms with Gasteiger partial charge >= 0.3 is 0 Å². The fraction of sp³-hybridized carbons (Fsp3) is 0.500. The molecule has 0 spiro atoms. The Bertz CT molecular complexity index is 581. The molecule has 1 aliphatic carbocycles. The van der Waals surface area contributed by atoms with Gasteiger partial charge in [0.05, 0.1) is 13.2 Å². The summed E-state index contributed by atoms with van der Waals surface area (Å²) in [7, 11) is 0. The van der Waals surface area contributed by atoms with E-state index < -0.39 is 0 Å². The highest BCUT2D eigenvalue weighted by Crippen LogP contribution is 2.32. The normalized spacial score (nSPS) is 25.2. The molecule has 1 aliphatic heterocycles. The Morgan fingerprint density at radius 3 is 2.64 bits per heavy atom. The molecule has 1 aromatic carbocycles. The van der Waals surface area contributed by atoms with Crippen LogP contribution in [0, 0.1) is 25.7 Å². The number of rotatable bonds is 3. The third-order valence-corrected chi connectivity index (χ3v) is 5.10. The van der Waals surface area contributed by atoms with Crippen LogP contribution < -0.4 is 0 Å². The highest BCUT2D eigenvalue weighted by atomic mass is 16.5. The standard InChI is InChI=1S/C20H27NO/c1-15-7-8-18(13-17(15)3)14-19-16(2)5-4-6-20(19)21-9-11-22-12-10-21/h4-8,13,16,19H,9-12,14H2,1-3H3. The van der Waals surface area contributed by atoms with E-state index in [1.807, 2.05) is 0 Å². The van der Waals surface area contributed by atoms with Crippen LogP contribution in [0.4, 0.5) is 0 Å². The van der Waals surface area contributed by atoms with Gasteiger partial charge in [-0.2, -0.15) is 0 Å². The average molecular weight is 297 g/mol. The van der Waals surface area contributed by atoms with E-state index >= 15 is 0 Å². The molecule has 1 saturated heterocycles. The van der Waals surface area contributed by atoms with Crippen molar-refractivity contribution in [1.82, 2.24) is 4.90 Å². The molecule has 0 radical (unpaired) electrons. The SMILES string of the molecule is Cc1ccc(CC2C(N3CCOCC3)=CC=CC2C)cc1C. The summed E-state index contributed by atoms with van der Waals surface area (Å²) in [5.41, 5.74) is 5.73. The molecule has 118 valence electrons. The number of morpholine rings is 1. The molecule has 0 amide bonds. The lowest BCUT2D eigenvalue weighted by Gasteiger charge is -2.38. The molecular formula is C20H27NO. The van der Waals surface area contributed by atoms with Crippen molar-refractivity contribution in [3.05, 3.63) is 58.8 Å². The largest absolute Gasteiger partial charge is 0.378 e. The van der Waals surface area contributed by atoms with E-state index in [-0.39, 0.29) is 0 Å². The molecule has 2 aliphatic rings. The minimum atomic E-state index is 0.574. The predicted molar refractivity (Wildman–Crippen MR) is 91.9 cm³/mol. The molecule has 0 aromatic heterocycles. The highest BCUT2D eigenvalue weighted by Gasteiger charge is 2.27. The monoisotopic (exact) mass is 297 g/mol. The number of allylic oxidation sites excluding steroid dienone is 4. The fourth-order valence-corrected chi connectivity index (χ4v) is 3.49. The number of aryl methyl sites for hydroxylation is 2. The third kappa shape index (κ3) is 3.27. The Hall–Kier alpha value is -1.54. The van der Waals surface area contributed by atoms with Gasteiger partial charge in [0.1, 0.15) is 0 Å². The van der Waals surface area contributed by atoms with Gasteiger partial charge in [-0.25, -0.2) is 0 Å². The van der Waals surface area contributed by atoms with Gasteiger partial charge in [-0.3, -0.25) is 0 Å². The molecule has 0 bridgehead atoms. The molecule has 22 heavy (non-hydrogen) atoms. The van der Waals surface area contributed by atoms with E-state index in [9.17, 15) is 0 Å². The van der Waals surface area contributed by atoms with Crippen molar-refractivity contribution in [3.63, 3.8) is 0 Å². The van der Waals surface area contributed by atoms with Crippen LogP contribution in [0.3, 0.4) is 0 Å². The van der Waals surface area contributed by atoms with Crippen LogP contribution >= 0.6 is 0 Å². The Balaban J connectivity index is 1.80. The van der Waals surface area contributed by atoms with E-state index in [1.165, 1.54) is 22.4 Å². The van der Waals surface area contributed by atoms with E-state index in [4.69, 9.17) is 4.74 Å². The van der Waals surface area contributed by atoms with Gasteiger partial charge in [-0.05, 0) is 49.0 Å².